The molecule has 0 unspecified atom stereocenters. The van der Waals surface area contributed by atoms with Crippen molar-refractivity contribution in [1.29, 1.82) is 0 Å². The van der Waals surface area contributed by atoms with E-state index in [1.807, 2.05) is 0 Å². The van der Waals surface area contributed by atoms with E-state index in [0.29, 0.717) is 0 Å². The van der Waals surface area contributed by atoms with E-state index in [4.69, 9.17) is 0 Å². The fourth-order valence-corrected chi connectivity index (χ4v) is 12.9. The number of benzene rings is 2. The van der Waals surface area contributed by atoms with Crippen molar-refractivity contribution in [3.05, 3.63) is 80.0 Å². The molecule has 4 heteroatoms. The van der Waals surface area contributed by atoms with Crippen LogP contribution in [0.2, 0.25) is 21.9 Å². The third kappa shape index (κ3) is 5.75. The van der Waals surface area contributed by atoms with Crippen LogP contribution < -0.4 is 3.80 Å². The Morgan fingerprint density at radius 2 is 1.24 bits per heavy atom. The molecule has 3 rings (SSSR count). The van der Waals surface area contributed by atoms with E-state index in [-0.39, 0.29) is 16.5 Å². The number of hydrogen-bond donors (Lipinski definition) is 1. The average Bonchev–Trinajstić information content (AvgIpc) is 3.03. The van der Waals surface area contributed by atoms with E-state index < -0.39 is 31.5 Å². The predicted octanol–water partition coefficient (Wildman–Crippen LogP) is 5.65. The van der Waals surface area contributed by atoms with Crippen LogP contribution in [0.5, 0.6) is 0 Å². The topological polar surface area (TPSA) is 12.0 Å². The van der Waals surface area contributed by atoms with Crippen molar-refractivity contribution >= 4 is 36.8 Å². The molecule has 156 valence electrons. The number of nitrogens with one attached hydrogen (secondary N) is 1. The van der Waals surface area contributed by atoms with Gasteiger partial charge in [-0.1, -0.05) is 0 Å². The SMILES string of the molecule is C[As](C)C1=C(c2ccccc2)C(c2ccccc2)=[C]([Ti]([CH3])([CH3])[NH]C(C)(C)C)C1.[SiH4]. The van der Waals surface area contributed by atoms with Gasteiger partial charge < -0.3 is 0 Å². The maximum Gasteiger partial charge on any atom is -0.0149 e. The number of allylic oxidation sites excluding steroid dienone is 4. The molecule has 1 nitrogen and oxygen atoms in total. The number of hydrogen-bond acceptors (Lipinski definition) is 1. The second-order valence-corrected chi connectivity index (χ2v) is 20.8. The van der Waals surface area contributed by atoms with E-state index in [2.05, 4.69) is 107 Å². The molecule has 0 radical (unpaired) electrons. The van der Waals surface area contributed by atoms with E-state index in [9.17, 15) is 0 Å². The van der Waals surface area contributed by atoms with Crippen LogP contribution in [0.4, 0.5) is 0 Å². The van der Waals surface area contributed by atoms with Gasteiger partial charge in [-0.3, -0.25) is 0 Å². The van der Waals surface area contributed by atoms with Crippen LogP contribution in [0.15, 0.2) is 68.9 Å². The maximum absolute atomic E-state index is 4.09. The zero-order valence-electron chi connectivity index (χ0n) is 18.4. The van der Waals surface area contributed by atoms with Gasteiger partial charge in [-0.2, -0.15) is 0 Å². The molecule has 0 fully saturated rings. The number of rotatable bonds is 5. The first-order chi connectivity index (χ1) is 13.1. The fraction of sp³-hybridized carbons (Fsp3) is 0.360. The molecule has 2 aromatic rings. The Hall–Kier alpha value is -0.630. The predicted molar refractivity (Wildman–Crippen MR) is 135 cm³/mol. The second-order valence-electron chi connectivity index (χ2n) is 9.48. The molecule has 1 N–H and O–H groups in total. The molecule has 0 heterocycles. The van der Waals surface area contributed by atoms with Crippen LogP contribution in [0.25, 0.3) is 11.1 Å². The molecule has 0 spiro atoms. The van der Waals surface area contributed by atoms with Crippen LogP contribution >= 0.6 is 0 Å². The minimum atomic E-state index is -2.41. The molecule has 0 bridgehead atoms. The van der Waals surface area contributed by atoms with Gasteiger partial charge in [0.05, 0.1) is 0 Å². The quantitative estimate of drug-likeness (QED) is 0.520. The van der Waals surface area contributed by atoms with E-state index in [1.165, 1.54) is 23.1 Å². The molecule has 0 saturated heterocycles. The Kier molecular flexibility index (Phi) is 8.21. The van der Waals surface area contributed by atoms with Crippen LogP contribution in [0.3, 0.4) is 0 Å². The van der Waals surface area contributed by atoms with Crippen LogP contribution in [0, 0.1) is 0 Å². The summed E-state index contributed by atoms with van der Waals surface area (Å²) in [6, 6.07) is 22.2. The van der Waals surface area contributed by atoms with Gasteiger partial charge >= 0.3 is 181 Å². The molecular weight excluding hydrogens is 465 g/mol. The molecule has 0 amide bonds. The summed E-state index contributed by atoms with van der Waals surface area (Å²) in [5, 5.41) is 5.08. The molecule has 1 aliphatic rings. The summed E-state index contributed by atoms with van der Waals surface area (Å²) in [5.41, 5.74) is 11.0. The first-order valence-corrected chi connectivity index (χ1v) is 19.5. The Morgan fingerprint density at radius 1 is 0.793 bits per heavy atom. The standard InChI is InChI=1S/C19H18As.C4H10N.2CH3.H4Si.Ti/c1-20(2)18-14-13-17(15-9-5-3-6-10-15)19(18)16-11-7-4-8-12-16;1-4(2,3)5;;;;/h3-12H,14H2,1-2H3;5H,1-3H3;2*1H3;1H4;/q;-1;;;;+1. The normalized spacial score (nSPS) is 15.2. The molecule has 0 saturated carbocycles. The summed E-state index contributed by atoms with van der Waals surface area (Å²) in [4.78, 5) is 0. The van der Waals surface area contributed by atoms with Crippen LogP contribution in [0.1, 0.15) is 38.3 Å². The zero-order chi connectivity index (χ0) is 20.5. The van der Waals surface area contributed by atoms with Crippen molar-refractivity contribution in [2.45, 2.75) is 54.6 Å². The van der Waals surface area contributed by atoms with E-state index in [0.717, 1.165) is 0 Å². The molecule has 2 aromatic carbocycles. The Balaban J connectivity index is 0.00000300. The van der Waals surface area contributed by atoms with Crippen molar-refractivity contribution in [3.8, 4) is 0 Å². The minimum Gasteiger partial charge on any atom is -0.0149 e. The van der Waals surface area contributed by atoms with Gasteiger partial charge in [0.15, 0.2) is 0 Å². The minimum absolute atomic E-state index is 0. The Bertz CT molecular complexity index is 893. The molecule has 29 heavy (non-hydrogen) atoms. The molecule has 0 aromatic heterocycles. The van der Waals surface area contributed by atoms with Gasteiger partial charge in [0.25, 0.3) is 0 Å². The van der Waals surface area contributed by atoms with Gasteiger partial charge in [-0.25, -0.2) is 0 Å². The van der Waals surface area contributed by atoms with E-state index >= 15 is 0 Å². The summed E-state index contributed by atoms with van der Waals surface area (Å²) in [5.74, 6) is 0. The van der Waals surface area contributed by atoms with Crippen molar-refractivity contribution in [2.75, 3.05) is 0 Å². The summed E-state index contributed by atoms with van der Waals surface area (Å²) in [6.45, 7) is 6.92. The van der Waals surface area contributed by atoms with E-state index in [1.54, 1.807) is 13.8 Å². The summed E-state index contributed by atoms with van der Waals surface area (Å²) < 4.78 is 7.55. The third-order valence-corrected chi connectivity index (χ3v) is 13.5. The largest absolute Gasteiger partial charge is 0.0149 e. The Labute approximate surface area is 191 Å². The summed E-state index contributed by atoms with van der Waals surface area (Å²) in [6.07, 6.45) is 1.18. The Morgan fingerprint density at radius 3 is 1.66 bits per heavy atom. The van der Waals surface area contributed by atoms with Gasteiger partial charge in [0.1, 0.15) is 0 Å². The van der Waals surface area contributed by atoms with Crippen molar-refractivity contribution in [3.63, 3.8) is 0 Å². The smallest absolute Gasteiger partial charge is 0.0149 e. The third-order valence-electron chi connectivity index (χ3n) is 5.29. The van der Waals surface area contributed by atoms with Gasteiger partial charge in [0.2, 0.25) is 0 Å². The van der Waals surface area contributed by atoms with Crippen molar-refractivity contribution in [2.24, 2.45) is 0 Å². The van der Waals surface area contributed by atoms with Gasteiger partial charge in [-0.05, 0) is 11.0 Å². The maximum atomic E-state index is 4.09. The van der Waals surface area contributed by atoms with Crippen LogP contribution in [-0.4, -0.2) is 31.2 Å². The fourth-order valence-electron chi connectivity index (χ4n) is 4.41. The monoisotopic (exact) mass is 503 g/mol. The first-order valence-electron chi connectivity index (χ1n) is 10.1. The van der Waals surface area contributed by atoms with Crippen molar-refractivity contribution < 1.29 is 16.8 Å². The molecule has 0 aliphatic heterocycles. The summed E-state index contributed by atoms with van der Waals surface area (Å²) in [7, 11) is 0. The first kappa shape index (κ1) is 24.6. The van der Waals surface area contributed by atoms with Crippen LogP contribution in [-0.2, 0) is 16.8 Å². The van der Waals surface area contributed by atoms with Crippen molar-refractivity contribution in [1.82, 2.24) is 3.80 Å². The second kappa shape index (κ2) is 9.67. The summed E-state index contributed by atoms with van der Waals surface area (Å²) >= 11 is -3.42. The van der Waals surface area contributed by atoms with Gasteiger partial charge in [-0.15, -0.1) is 0 Å². The molecule has 1 aliphatic carbocycles. The molecular formula is C25H38AsNSiTi. The van der Waals surface area contributed by atoms with Gasteiger partial charge in [0, 0.05) is 0 Å². The molecule has 0 atom stereocenters. The average molecular weight is 503 g/mol. The zero-order valence-corrected chi connectivity index (χ0v) is 21.9.